The van der Waals surface area contributed by atoms with Gasteiger partial charge in [-0.05, 0) is 48.7 Å². The number of carbonyl (C=O) groups excluding carboxylic acids is 1. The fourth-order valence-electron chi connectivity index (χ4n) is 3.62. The lowest BCUT2D eigenvalue weighted by Gasteiger charge is -2.13. The Morgan fingerprint density at radius 1 is 1.33 bits per heavy atom. The molecule has 1 atom stereocenters. The quantitative estimate of drug-likeness (QED) is 0.688. The maximum absolute atomic E-state index is 13.0. The van der Waals surface area contributed by atoms with Crippen LogP contribution < -0.4 is 10.7 Å². The summed E-state index contributed by atoms with van der Waals surface area (Å²) in [7, 11) is 0. The third kappa shape index (κ3) is 3.04. The van der Waals surface area contributed by atoms with Crippen molar-refractivity contribution in [2.45, 2.75) is 25.8 Å². The van der Waals surface area contributed by atoms with Gasteiger partial charge in [0, 0.05) is 27.8 Å². The molecule has 4 rings (SSSR count). The van der Waals surface area contributed by atoms with E-state index < -0.39 is 5.91 Å². The fourth-order valence-corrected chi connectivity index (χ4v) is 4.12. The molecule has 5 nitrogen and oxygen atoms in total. The van der Waals surface area contributed by atoms with Gasteiger partial charge in [-0.1, -0.05) is 28.1 Å². The lowest BCUT2D eigenvalue weighted by Crippen LogP contribution is -2.23. The van der Waals surface area contributed by atoms with Gasteiger partial charge in [-0.15, -0.1) is 0 Å². The molecule has 1 aliphatic heterocycles. The van der Waals surface area contributed by atoms with Crippen LogP contribution in [0.4, 0.5) is 5.69 Å². The van der Waals surface area contributed by atoms with Gasteiger partial charge in [0.15, 0.2) is 0 Å². The second kappa shape index (κ2) is 6.67. The van der Waals surface area contributed by atoms with E-state index >= 15 is 0 Å². The number of nitrogens with one attached hydrogen (secondary N) is 1. The number of amides is 1. The molecule has 0 aliphatic carbocycles. The van der Waals surface area contributed by atoms with Crippen LogP contribution in [-0.4, -0.2) is 10.5 Å². The van der Waals surface area contributed by atoms with Crippen LogP contribution in [0.5, 0.6) is 0 Å². The second-order valence-corrected chi connectivity index (χ2v) is 7.70. The van der Waals surface area contributed by atoms with Crippen molar-refractivity contribution in [1.29, 1.82) is 5.26 Å². The number of rotatable bonds is 3. The van der Waals surface area contributed by atoms with Gasteiger partial charge < -0.3 is 9.88 Å². The molecule has 6 heteroatoms. The highest BCUT2D eigenvalue weighted by molar-refractivity contribution is 9.10. The molecule has 0 bridgehead atoms. The van der Waals surface area contributed by atoms with Crippen molar-refractivity contribution in [2.24, 2.45) is 0 Å². The molecular weight excluding hydrogens is 406 g/mol. The molecular formula is C21H16BrN3O2. The van der Waals surface area contributed by atoms with E-state index in [1.165, 1.54) is 0 Å². The van der Waals surface area contributed by atoms with Gasteiger partial charge >= 0.3 is 0 Å². The highest BCUT2D eigenvalue weighted by Crippen LogP contribution is 2.33. The van der Waals surface area contributed by atoms with Gasteiger partial charge in [-0.3, -0.25) is 9.59 Å². The minimum absolute atomic E-state index is 0.126. The predicted octanol–water partition coefficient (Wildman–Crippen LogP) is 4.20. The minimum Gasteiger partial charge on any atom is -0.343 e. The van der Waals surface area contributed by atoms with Gasteiger partial charge in [-0.2, -0.15) is 5.26 Å². The first-order valence-corrected chi connectivity index (χ1v) is 9.41. The summed E-state index contributed by atoms with van der Waals surface area (Å²) in [5, 5.41) is 12.1. The zero-order valence-corrected chi connectivity index (χ0v) is 16.2. The number of nitriles is 1. The molecule has 2 aromatic carbocycles. The van der Waals surface area contributed by atoms with Gasteiger partial charge in [0.1, 0.15) is 5.56 Å². The Morgan fingerprint density at radius 3 is 2.78 bits per heavy atom. The third-order valence-electron chi connectivity index (χ3n) is 4.90. The average molecular weight is 422 g/mol. The Hall–Kier alpha value is -2.91. The first-order valence-electron chi connectivity index (χ1n) is 8.62. The summed E-state index contributed by atoms with van der Waals surface area (Å²) in [5.74, 6) is -0.431. The molecule has 1 aliphatic rings. The SMILES string of the molecule is C[C@@H]1Cc2cc(Br)cc3c(=O)c(C(=O)Nc4ccc(CC#N)cc4)cn1c23. The Morgan fingerprint density at radius 2 is 2.07 bits per heavy atom. The normalized spacial score (nSPS) is 14.9. The van der Waals surface area contributed by atoms with E-state index in [-0.39, 0.29) is 17.0 Å². The van der Waals surface area contributed by atoms with Crippen molar-refractivity contribution in [3.63, 3.8) is 0 Å². The smallest absolute Gasteiger partial charge is 0.261 e. The van der Waals surface area contributed by atoms with Crippen LogP contribution in [0.3, 0.4) is 0 Å². The molecule has 0 saturated carbocycles. The Bertz CT molecular complexity index is 1170. The Balaban J connectivity index is 1.74. The minimum atomic E-state index is -0.431. The van der Waals surface area contributed by atoms with Crippen LogP contribution >= 0.6 is 15.9 Å². The first-order chi connectivity index (χ1) is 13.0. The number of hydrogen-bond acceptors (Lipinski definition) is 3. The topological polar surface area (TPSA) is 74.9 Å². The lowest BCUT2D eigenvalue weighted by molar-refractivity contribution is 0.102. The molecule has 3 aromatic rings. The van der Waals surface area contributed by atoms with E-state index in [9.17, 15) is 9.59 Å². The zero-order valence-electron chi connectivity index (χ0n) is 14.6. The molecule has 0 spiro atoms. The van der Waals surface area contributed by atoms with Crippen LogP contribution in [-0.2, 0) is 12.8 Å². The average Bonchev–Trinajstić information content (AvgIpc) is 2.95. The molecule has 1 amide bonds. The van der Waals surface area contributed by atoms with E-state index in [4.69, 9.17) is 5.26 Å². The third-order valence-corrected chi connectivity index (χ3v) is 5.36. The molecule has 1 N–H and O–H groups in total. The Kier molecular flexibility index (Phi) is 4.33. The molecule has 0 saturated heterocycles. The molecule has 1 aromatic heterocycles. The number of benzene rings is 2. The van der Waals surface area contributed by atoms with E-state index in [0.29, 0.717) is 17.5 Å². The lowest BCUT2D eigenvalue weighted by atomic mass is 10.1. The number of halogens is 1. The fraction of sp³-hybridized carbons (Fsp3) is 0.190. The number of pyridine rings is 1. The molecule has 0 fully saturated rings. The highest BCUT2D eigenvalue weighted by atomic mass is 79.9. The summed E-state index contributed by atoms with van der Waals surface area (Å²) < 4.78 is 2.86. The molecule has 134 valence electrons. The second-order valence-electron chi connectivity index (χ2n) is 6.78. The van der Waals surface area contributed by atoms with E-state index in [2.05, 4.69) is 34.2 Å². The summed E-state index contributed by atoms with van der Waals surface area (Å²) in [6, 6.07) is 13.1. The zero-order chi connectivity index (χ0) is 19.1. The number of nitrogens with zero attached hydrogens (tertiary/aromatic N) is 2. The number of aromatic nitrogens is 1. The molecule has 0 unspecified atom stereocenters. The maximum Gasteiger partial charge on any atom is 0.261 e. The number of anilines is 1. The predicted molar refractivity (Wildman–Crippen MR) is 108 cm³/mol. The van der Waals surface area contributed by atoms with Gasteiger partial charge in [0.25, 0.3) is 5.91 Å². The van der Waals surface area contributed by atoms with Crippen LogP contribution in [0, 0.1) is 11.3 Å². The van der Waals surface area contributed by atoms with E-state index in [1.807, 2.05) is 10.6 Å². The first kappa shape index (κ1) is 17.5. The largest absolute Gasteiger partial charge is 0.343 e. The van der Waals surface area contributed by atoms with E-state index in [1.54, 1.807) is 36.5 Å². The maximum atomic E-state index is 13.0. The summed E-state index contributed by atoms with van der Waals surface area (Å²) in [5.41, 5.74) is 3.35. The molecule has 0 radical (unpaired) electrons. The molecule has 2 heterocycles. The van der Waals surface area contributed by atoms with Crippen LogP contribution in [0.15, 0.2) is 51.9 Å². The van der Waals surface area contributed by atoms with Crippen molar-refractivity contribution in [2.75, 3.05) is 5.32 Å². The van der Waals surface area contributed by atoms with Gasteiger partial charge in [0.2, 0.25) is 5.43 Å². The van der Waals surface area contributed by atoms with Crippen molar-refractivity contribution >= 4 is 38.4 Å². The van der Waals surface area contributed by atoms with E-state index in [0.717, 1.165) is 27.5 Å². The summed E-state index contributed by atoms with van der Waals surface area (Å²) in [6.07, 6.45) is 2.82. The van der Waals surface area contributed by atoms with Crippen molar-refractivity contribution in [3.05, 3.63) is 74.0 Å². The number of carbonyl (C=O) groups is 1. The molecule has 27 heavy (non-hydrogen) atoms. The van der Waals surface area contributed by atoms with Crippen molar-refractivity contribution < 1.29 is 4.79 Å². The monoisotopic (exact) mass is 421 g/mol. The van der Waals surface area contributed by atoms with Crippen LogP contribution in [0.1, 0.15) is 34.5 Å². The van der Waals surface area contributed by atoms with Gasteiger partial charge in [-0.25, -0.2) is 0 Å². The van der Waals surface area contributed by atoms with Crippen LogP contribution in [0.2, 0.25) is 0 Å². The summed E-state index contributed by atoms with van der Waals surface area (Å²) in [4.78, 5) is 25.7. The summed E-state index contributed by atoms with van der Waals surface area (Å²) >= 11 is 3.46. The van der Waals surface area contributed by atoms with Gasteiger partial charge in [0.05, 0.1) is 18.0 Å². The van der Waals surface area contributed by atoms with Crippen molar-refractivity contribution in [3.8, 4) is 6.07 Å². The Labute approximate surface area is 164 Å². The summed E-state index contributed by atoms with van der Waals surface area (Å²) in [6.45, 7) is 2.08. The number of hydrogen-bond donors (Lipinski definition) is 1. The standard InChI is InChI=1S/C21H16BrN3O2/c1-12-8-14-9-15(22)10-17-19(14)25(12)11-18(20(17)26)21(27)24-16-4-2-13(3-5-16)6-7-23/h2-5,9-12H,6,8H2,1H3,(H,24,27)/t12-/m1/s1. The van der Waals surface area contributed by atoms with Crippen molar-refractivity contribution in [1.82, 2.24) is 4.57 Å². The van der Waals surface area contributed by atoms with Crippen LogP contribution in [0.25, 0.3) is 10.9 Å². The highest BCUT2D eigenvalue weighted by Gasteiger charge is 2.25.